The van der Waals surface area contributed by atoms with Crippen LogP contribution in [-0.4, -0.2) is 22.9 Å². The number of nitrogens with zero attached hydrogens (tertiary/aromatic N) is 1. The Morgan fingerprint density at radius 3 is 2.64 bits per heavy atom. The number of hydrogen-bond acceptors (Lipinski definition) is 3. The van der Waals surface area contributed by atoms with E-state index in [0.717, 1.165) is 17.3 Å². The Bertz CT molecular complexity index is 720. The van der Waals surface area contributed by atoms with Crippen LogP contribution in [0, 0.1) is 17.8 Å². The second-order valence-electron chi connectivity index (χ2n) is 7.74. The number of fused-ring (bicyclic) bond motifs is 2. The van der Waals surface area contributed by atoms with Crippen molar-refractivity contribution in [3.05, 3.63) is 35.9 Å². The van der Waals surface area contributed by atoms with Crippen molar-refractivity contribution in [1.82, 2.24) is 15.8 Å². The topological polar surface area (TPSA) is 78.5 Å². The minimum Gasteiger partial charge on any atom is -0.318 e. The van der Waals surface area contributed by atoms with Gasteiger partial charge in [0.25, 0.3) is 5.91 Å². The van der Waals surface area contributed by atoms with Crippen LogP contribution in [0.25, 0.3) is 0 Å². The second kappa shape index (κ2) is 5.86. The van der Waals surface area contributed by atoms with Crippen molar-refractivity contribution in [3.63, 3.8) is 0 Å². The van der Waals surface area contributed by atoms with Crippen LogP contribution in [0.3, 0.4) is 0 Å². The molecule has 6 heteroatoms. The first-order chi connectivity index (χ1) is 12.0. The molecular weight excluding hydrogens is 318 g/mol. The zero-order valence-corrected chi connectivity index (χ0v) is 14.3. The molecule has 0 spiro atoms. The van der Waals surface area contributed by atoms with Crippen LogP contribution in [0.5, 0.6) is 0 Å². The van der Waals surface area contributed by atoms with Crippen LogP contribution in [0.4, 0.5) is 4.79 Å². The summed E-state index contributed by atoms with van der Waals surface area (Å²) in [7, 11) is 0. The summed E-state index contributed by atoms with van der Waals surface area (Å²) in [4.78, 5) is 37.4. The van der Waals surface area contributed by atoms with Gasteiger partial charge in [-0.1, -0.05) is 36.8 Å². The van der Waals surface area contributed by atoms with Gasteiger partial charge in [0, 0.05) is 6.42 Å². The Balaban J connectivity index is 1.43. The molecule has 25 heavy (non-hydrogen) atoms. The standard InChI is InChI=1S/C19H23N3O3/c1-19(15-5-3-2-4-6-15)17(24)22(18(25)20-19)21-16(23)11-14-10-12-7-8-13(14)9-12/h2-6,12-14H,7-11H2,1H3,(H,20,25)(H,21,23)/t12-,13-,14-,19+/m1/s1. The highest BCUT2D eigenvalue weighted by molar-refractivity contribution is 6.08. The smallest absolute Gasteiger partial charge is 0.318 e. The number of carbonyl (C=O) groups is 3. The number of benzene rings is 1. The molecular formula is C19H23N3O3. The van der Waals surface area contributed by atoms with Gasteiger partial charge in [-0.2, -0.15) is 5.01 Å². The third kappa shape index (κ3) is 2.69. The summed E-state index contributed by atoms with van der Waals surface area (Å²) < 4.78 is 0. The molecule has 132 valence electrons. The van der Waals surface area contributed by atoms with Crippen molar-refractivity contribution in [2.24, 2.45) is 17.8 Å². The molecule has 2 N–H and O–H groups in total. The number of nitrogens with one attached hydrogen (secondary N) is 2. The van der Waals surface area contributed by atoms with Crippen LogP contribution >= 0.6 is 0 Å². The Labute approximate surface area is 146 Å². The highest BCUT2D eigenvalue weighted by Crippen LogP contribution is 2.49. The molecule has 1 aromatic rings. The second-order valence-corrected chi connectivity index (χ2v) is 7.74. The van der Waals surface area contributed by atoms with Gasteiger partial charge in [0.15, 0.2) is 0 Å². The summed E-state index contributed by atoms with van der Waals surface area (Å²) in [5.41, 5.74) is 2.06. The van der Waals surface area contributed by atoms with E-state index in [1.54, 1.807) is 19.1 Å². The Morgan fingerprint density at radius 2 is 2.00 bits per heavy atom. The number of urea groups is 1. The summed E-state index contributed by atoms with van der Waals surface area (Å²) in [6.45, 7) is 1.66. The van der Waals surface area contributed by atoms with E-state index < -0.39 is 17.5 Å². The zero-order valence-electron chi connectivity index (χ0n) is 14.3. The van der Waals surface area contributed by atoms with Crippen molar-refractivity contribution in [2.45, 2.75) is 44.6 Å². The van der Waals surface area contributed by atoms with Gasteiger partial charge in [-0.15, -0.1) is 0 Å². The molecule has 2 bridgehead atoms. The fraction of sp³-hybridized carbons (Fsp3) is 0.526. The maximum Gasteiger partial charge on any atom is 0.344 e. The SMILES string of the molecule is C[C@@]1(c2ccccc2)NC(=O)N(NC(=O)C[C@H]2C[C@@H]3CC[C@@H]2C3)C1=O. The van der Waals surface area contributed by atoms with E-state index in [-0.39, 0.29) is 5.91 Å². The number of hydrazine groups is 1. The van der Waals surface area contributed by atoms with Crippen molar-refractivity contribution in [2.75, 3.05) is 0 Å². The van der Waals surface area contributed by atoms with E-state index in [2.05, 4.69) is 10.7 Å². The number of carbonyl (C=O) groups excluding carboxylic acids is 3. The highest BCUT2D eigenvalue weighted by atomic mass is 16.2. The van der Waals surface area contributed by atoms with E-state index in [9.17, 15) is 14.4 Å². The van der Waals surface area contributed by atoms with E-state index in [1.807, 2.05) is 18.2 Å². The summed E-state index contributed by atoms with van der Waals surface area (Å²) in [6.07, 6.45) is 5.20. The molecule has 6 nitrogen and oxygen atoms in total. The summed E-state index contributed by atoms with van der Waals surface area (Å²) in [5.74, 6) is 1.08. The van der Waals surface area contributed by atoms with E-state index >= 15 is 0 Å². The van der Waals surface area contributed by atoms with Gasteiger partial charge in [0.05, 0.1) is 0 Å². The zero-order chi connectivity index (χ0) is 17.6. The average Bonchev–Trinajstić information content (AvgIpc) is 3.27. The van der Waals surface area contributed by atoms with Crippen molar-refractivity contribution in [1.29, 1.82) is 0 Å². The lowest BCUT2D eigenvalue weighted by Gasteiger charge is -2.23. The molecule has 0 aromatic heterocycles. The van der Waals surface area contributed by atoms with Crippen molar-refractivity contribution >= 4 is 17.8 Å². The number of imide groups is 1. The van der Waals surface area contributed by atoms with Crippen LogP contribution < -0.4 is 10.7 Å². The number of rotatable bonds is 4. The Morgan fingerprint density at radius 1 is 1.24 bits per heavy atom. The van der Waals surface area contributed by atoms with Crippen LogP contribution in [0.1, 0.15) is 44.6 Å². The molecule has 2 saturated carbocycles. The van der Waals surface area contributed by atoms with Gasteiger partial charge in [-0.25, -0.2) is 4.79 Å². The molecule has 1 aliphatic heterocycles. The number of hydrogen-bond donors (Lipinski definition) is 2. The molecule has 3 aliphatic rings. The van der Waals surface area contributed by atoms with Crippen LogP contribution in [-0.2, 0) is 15.1 Å². The van der Waals surface area contributed by atoms with E-state index in [0.29, 0.717) is 23.8 Å². The average molecular weight is 341 g/mol. The Kier molecular flexibility index (Phi) is 3.78. The van der Waals surface area contributed by atoms with Gasteiger partial charge in [0.1, 0.15) is 5.54 Å². The highest BCUT2D eigenvalue weighted by Gasteiger charge is 2.50. The van der Waals surface area contributed by atoms with E-state index in [1.165, 1.54) is 19.3 Å². The minimum atomic E-state index is -1.15. The lowest BCUT2D eigenvalue weighted by atomic mass is 9.86. The van der Waals surface area contributed by atoms with Crippen LogP contribution in [0.15, 0.2) is 30.3 Å². The minimum absolute atomic E-state index is 0.252. The van der Waals surface area contributed by atoms with Gasteiger partial charge < -0.3 is 5.32 Å². The monoisotopic (exact) mass is 341 g/mol. The third-order valence-corrected chi connectivity index (χ3v) is 6.11. The van der Waals surface area contributed by atoms with Gasteiger partial charge >= 0.3 is 6.03 Å². The molecule has 4 rings (SSSR count). The first-order valence-corrected chi connectivity index (χ1v) is 8.99. The first kappa shape index (κ1) is 16.1. The molecule has 0 radical (unpaired) electrons. The third-order valence-electron chi connectivity index (χ3n) is 6.11. The maximum atomic E-state index is 12.8. The lowest BCUT2D eigenvalue weighted by molar-refractivity contribution is -0.139. The Hall–Kier alpha value is -2.37. The predicted octanol–water partition coefficient (Wildman–Crippen LogP) is 2.31. The predicted molar refractivity (Wildman–Crippen MR) is 90.9 cm³/mol. The van der Waals surface area contributed by atoms with Crippen molar-refractivity contribution in [3.8, 4) is 0 Å². The molecule has 3 fully saturated rings. The normalized spacial score (nSPS) is 33.6. The molecule has 4 atom stereocenters. The number of amides is 4. The van der Waals surface area contributed by atoms with Gasteiger partial charge in [-0.3, -0.25) is 15.0 Å². The lowest BCUT2D eigenvalue weighted by Crippen LogP contribution is -2.48. The van der Waals surface area contributed by atoms with Gasteiger partial charge in [-0.05, 0) is 49.5 Å². The first-order valence-electron chi connectivity index (χ1n) is 8.99. The molecule has 4 amide bonds. The van der Waals surface area contributed by atoms with Crippen molar-refractivity contribution < 1.29 is 14.4 Å². The molecule has 1 aromatic carbocycles. The summed E-state index contributed by atoms with van der Waals surface area (Å²) in [5, 5.41) is 3.53. The molecule has 2 aliphatic carbocycles. The largest absolute Gasteiger partial charge is 0.344 e. The molecule has 1 heterocycles. The van der Waals surface area contributed by atoms with Gasteiger partial charge in [0.2, 0.25) is 5.91 Å². The fourth-order valence-corrected chi connectivity index (χ4v) is 4.74. The molecule has 0 unspecified atom stereocenters. The maximum absolute atomic E-state index is 12.8. The van der Waals surface area contributed by atoms with E-state index in [4.69, 9.17) is 0 Å². The summed E-state index contributed by atoms with van der Waals surface area (Å²) in [6, 6.07) is 8.48. The molecule has 1 saturated heterocycles. The summed E-state index contributed by atoms with van der Waals surface area (Å²) >= 11 is 0. The van der Waals surface area contributed by atoms with Crippen LogP contribution in [0.2, 0.25) is 0 Å². The fourth-order valence-electron chi connectivity index (χ4n) is 4.74. The quantitative estimate of drug-likeness (QED) is 0.825.